The molecule has 3 rings (SSSR count). The van der Waals surface area contributed by atoms with Gasteiger partial charge in [-0.05, 0) is 11.6 Å². The van der Waals surface area contributed by atoms with Crippen LogP contribution in [0.4, 0.5) is 5.69 Å². The lowest BCUT2D eigenvalue weighted by Crippen LogP contribution is -1.99. The van der Waals surface area contributed by atoms with E-state index in [9.17, 15) is 0 Å². The van der Waals surface area contributed by atoms with Crippen LogP contribution in [-0.2, 0) is 6.54 Å². The highest BCUT2D eigenvalue weighted by Gasteiger charge is 2.02. The number of nitrogens with one attached hydrogen (secondary N) is 2. The Bertz CT molecular complexity index is 615. The number of nitrogens with zero attached hydrogens (tertiary/aromatic N) is 2. The number of benzene rings is 1. The average Bonchev–Trinajstić information content (AvgIpc) is 2.86. The van der Waals surface area contributed by atoms with Crippen molar-refractivity contribution in [2.75, 3.05) is 5.32 Å². The topological polar surface area (TPSA) is 53.6 Å². The third-order valence-electron chi connectivity index (χ3n) is 2.68. The van der Waals surface area contributed by atoms with Gasteiger partial charge in [0.15, 0.2) is 5.65 Å². The van der Waals surface area contributed by atoms with Gasteiger partial charge in [-0.1, -0.05) is 30.3 Å². The number of H-pyrrole nitrogens is 1. The molecule has 2 N–H and O–H groups in total. The van der Waals surface area contributed by atoms with Gasteiger partial charge in [0, 0.05) is 18.4 Å². The van der Waals surface area contributed by atoms with Crippen LogP contribution in [0.1, 0.15) is 5.56 Å². The number of pyridine rings is 1. The molecule has 0 radical (unpaired) electrons. The summed E-state index contributed by atoms with van der Waals surface area (Å²) in [5.41, 5.74) is 3.11. The first-order chi connectivity index (χ1) is 8.43. The third kappa shape index (κ3) is 1.97. The smallest absolute Gasteiger partial charge is 0.157 e. The van der Waals surface area contributed by atoms with E-state index in [1.54, 1.807) is 12.4 Å². The van der Waals surface area contributed by atoms with Crippen LogP contribution >= 0.6 is 0 Å². The summed E-state index contributed by atoms with van der Waals surface area (Å²) >= 11 is 0. The van der Waals surface area contributed by atoms with Gasteiger partial charge in [0.1, 0.15) is 0 Å². The zero-order chi connectivity index (χ0) is 11.5. The van der Waals surface area contributed by atoms with E-state index < -0.39 is 0 Å². The van der Waals surface area contributed by atoms with Crippen LogP contribution in [0.15, 0.2) is 48.8 Å². The van der Waals surface area contributed by atoms with E-state index in [0.717, 1.165) is 23.3 Å². The lowest BCUT2D eigenvalue weighted by Gasteiger charge is -2.06. The molecule has 0 saturated carbocycles. The summed E-state index contributed by atoms with van der Waals surface area (Å²) in [4.78, 5) is 4.20. The van der Waals surface area contributed by atoms with Crippen molar-refractivity contribution in [2.24, 2.45) is 0 Å². The Morgan fingerprint density at radius 1 is 1.12 bits per heavy atom. The molecule has 0 spiro atoms. The van der Waals surface area contributed by atoms with E-state index in [1.807, 2.05) is 24.3 Å². The van der Waals surface area contributed by atoms with Gasteiger partial charge >= 0.3 is 0 Å². The number of anilines is 1. The summed E-state index contributed by atoms with van der Waals surface area (Å²) in [7, 11) is 0. The first-order valence-corrected chi connectivity index (χ1v) is 5.49. The summed E-state index contributed by atoms with van der Waals surface area (Å²) in [6.07, 6.45) is 3.56. The molecular formula is C13H12N4. The Hall–Kier alpha value is -2.36. The van der Waals surface area contributed by atoms with Crippen molar-refractivity contribution >= 4 is 16.7 Å². The number of rotatable bonds is 3. The molecule has 0 bridgehead atoms. The quantitative estimate of drug-likeness (QED) is 0.719. The molecular weight excluding hydrogens is 212 g/mol. The van der Waals surface area contributed by atoms with Crippen molar-refractivity contribution < 1.29 is 0 Å². The molecule has 0 atom stereocenters. The fourth-order valence-electron chi connectivity index (χ4n) is 1.80. The normalized spacial score (nSPS) is 10.6. The van der Waals surface area contributed by atoms with Crippen molar-refractivity contribution in [3.05, 3.63) is 54.4 Å². The molecule has 0 aliphatic heterocycles. The Morgan fingerprint density at radius 2 is 2.00 bits per heavy atom. The van der Waals surface area contributed by atoms with E-state index in [2.05, 4.69) is 32.6 Å². The van der Waals surface area contributed by atoms with Crippen LogP contribution in [0, 0.1) is 0 Å². The number of hydrogen-bond donors (Lipinski definition) is 2. The Balaban J connectivity index is 1.84. The number of aromatic nitrogens is 3. The molecule has 84 valence electrons. The number of hydrogen-bond acceptors (Lipinski definition) is 3. The Kier molecular flexibility index (Phi) is 2.46. The van der Waals surface area contributed by atoms with Crippen LogP contribution in [0.3, 0.4) is 0 Å². The van der Waals surface area contributed by atoms with Crippen LogP contribution in [0.5, 0.6) is 0 Å². The summed E-state index contributed by atoms with van der Waals surface area (Å²) < 4.78 is 0. The summed E-state index contributed by atoms with van der Waals surface area (Å²) in [6, 6.07) is 12.3. The van der Waals surface area contributed by atoms with Crippen molar-refractivity contribution in [1.82, 2.24) is 15.2 Å². The minimum Gasteiger partial charge on any atom is -0.380 e. The lowest BCUT2D eigenvalue weighted by atomic mass is 10.2. The van der Waals surface area contributed by atoms with Crippen LogP contribution in [0.25, 0.3) is 11.0 Å². The number of aromatic amines is 1. The van der Waals surface area contributed by atoms with E-state index in [1.165, 1.54) is 5.56 Å². The summed E-state index contributed by atoms with van der Waals surface area (Å²) in [5, 5.41) is 11.3. The fourth-order valence-corrected chi connectivity index (χ4v) is 1.80. The first kappa shape index (κ1) is 9.84. The minimum atomic E-state index is 0.797. The highest BCUT2D eigenvalue weighted by atomic mass is 15.1. The zero-order valence-electron chi connectivity index (χ0n) is 9.22. The maximum absolute atomic E-state index is 4.20. The van der Waals surface area contributed by atoms with Gasteiger partial charge in [0.25, 0.3) is 0 Å². The molecule has 2 aromatic heterocycles. The van der Waals surface area contributed by atoms with Crippen molar-refractivity contribution in [1.29, 1.82) is 0 Å². The molecule has 4 nitrogen and oxygen atoms in total. The van der Waals surface area contributed by atoms with E-state index in [4.69, 9.17) is 0 Å². The van der Waals surface area contributed by atoms with E-state index in [0.29, 0.717) is 0 Å². The van der Waals surface area contributed by atoms with Crippen molar-refractivity contribution in [2.45, 2.75) is 6.54 Å². The molecule has 0 unspecified atom stereocenters. The monoisotopic (exact) mass is 224 g/mol. The van der Waals surface area contributed by atoms with Crippen molar-refractivity contribution in [3.8, 4) is 0 Å². The second kappa shape index (κ2) is 4.25. The molecule has 17 heavy (non-hydrogen) atoms. The Labute approximate surface area is 98.7 Å². The molecule has 1 aromatic carbocycles. The summed E-state index contributed by atoms with van der Waals surface area (Å²) in [5.74, 6) is 0. The largest absolute Gasteiger partial charge is 0.380 e. The molecule has 3 aromatic rings. The second-order valence-electron chi connectivity index (χ2n) is 3.83. The highest BCUT2D eigenvalue weighted by molar-refractivity contribution is 5.87. The van der Waals surface area contributed by atoms with Crippen LogP contribution < -0.4 is 5.32 Å². The molecule has 0 aliphatic carbocycles. The zero-order valence-corrected chi connectivity index (χ0v) is 9.22. The Morgan fingerprint density at radius 3 is 2.88 bits per heavy atom. The fraction of sp³-hybridized carbons (Fsp3) is 0.0769. The van der Waals surface area contributed by atoms with Gasteiger partial charge in [-0.15, -0.1) is 0 Å². The maximum Gasteiger partial charge on any atom is 0.157 e. The summed E-state index contributed by atoms with van der Waals surface area (Å²) in [6.45, 7) is 0.797. The van der Waals surface area contributed by atoms with Gasteiger partial charge in [0.2, 0.25) is 0 Å². The van der Waals surface area contributed by atoms with Gasteiger partial charge in [0.05, 0.1) is 11.6 Å². The molecule has 0 aliphatic rings. The predicted molar refractivity (Wildman–Crippen MR) is 67.7 cm³/mol. The van der Waals surface area contributed by atoms with Crippen LogP contribution in [0.2, 0.25) is 0 Å². The molecule has 0 saturated heterocycles. The van der Waals surface area contributed by atoms with Gasteiger partial charge in [-0.25, -0.2) is 4.98 Å². The minimum absolute atomic E-state index is 0.797. The molecule has 0 amide bonds. The first-order valence-electron chi connectivity index (χ1n) is 5.49. The lowest BCUT2D eigenvalue weighted by molar-refractivity contribution is 1.10. The van der Waals surface area contributed by atoms with Gasteiger partial charge in [-0.2, -0.15) is 5.10 Å². The van der Waals surface area contributed by atoms with Gasteiger partial charge < -0.3 is 5.32 Å². The SMILES string of the molecule is c1ccc(CNc2ccnc3[nH]ncc23)cc1. The number of fused-ring (bicyclic) bond motifs is 1. The molecule has 0 fully saturated rings. The maximum atomic E-state index is 4.20. The predicted octanol–water partition coefficient (Wildman–Crippen LogP) is 2.57. The third-order valence-corrected chi connectivity index (χ3v) is 2.68. The van der Waals surface area contributed by atoms with Gasteiger partial charge in [-0.3, -0.25) is 5.10 Å². The highest BCUT2D eigenvalue weighted by Crippen LogP contribution is 2.19. The molecule has 4 heteroatoms. The standard InChI is InChI=1S/C13H12N4/c1-2-4-10(5-3-1)8-15-12-6-7-14-13-11(12)9-16-17-13/h1-7,9H,8H2,(H2,14,15,16,17). The van der Waals surface area contributed by atoms with E-state index >= 15 is 0 Å². The van der Waals surface area contributed by atoms with Crippen molar-refractivity contribution in [3.63, 3.8) is 0 Å². The average molecular weight is 224 g/mol. The second-order valence-corrected chi connectivity index (χ2v) is 3.83. The van der Waals surface area contributed by atoms with Crippen LogP contribution in [-0.4, -0.2) is 15.2 Å². The molecule has 2 heterocycles. The van der Waals surface area contributed by atoms with E-state index in [-0.39, 0.29) is 0 Å².